The number of likely N-dealkylation sites (tertiary alicyclic amines) is 1. The molecule has 0 bridgehead atoms. The average Bonchev–Trinajstić information content (AvgIpc) is 3.34. The summed E-state index contributed by atoms with van der Waals surface area (Å²) < 4.78 is 9.85. The Hall–Kier alpha value is -3.16. The number of carbonyl (C=O) groups excluding carboxylic acids is 1. The van der Waals surface area contributed by atoms with Gasteiger partial charge >= 0.3 is 0 Å². The number of methoxy groups -OCH3 is 1. The van der Waals surface area contributed by atoms with Crippen LogP contribution >= 0.6 is 0 Å². The van der Waals surface area contributed by atoms with E-state index in [0.29, 0.717) is 18.7 Å². The number of piperidine rings is 1. The summed E-state index contributed by atoms with van der Waals surface area (Å²) in [6, 6.07) is 16.3. The molecule has 1 unspecified atom stereocenters. The molecule has 1 fully saturated rings. The second-order valence-corrected chi connectivity index (χ2v) is 8.59. The van der Waals surface area contributed by atoms with Crippen LogP contribution in [0.5, 0.6) is 0 Å². The monoisotopic (exact) mass is 431 g/mol. The quantitative estimate of drug-likeness (QED) is 0.537. The first kappa shape index (κ1) is 20.7. The van der Waals surface area contributed by atoms with Crippen LogP contribution in [0.3, 0.4) is 0 Å². The van der Waals surface area contributed by atoms with Crippen molar-refractivity contribution in [2.75, 3.05) is 20.2 Å². The van der Waals surface area contributed by atoms with Crippen molar-refractivity contribution in [3.05, 3.63) is 54.1 Å². The largest absolute Gasteiger partial charge is 0.380 e. The summed E-state index contributed by atoms with van der Waals surface area (Å²) in [4.78, 5) is 19.9. The van der Waals surface area contributed by atoms with E-state index < -0.39 is 0 Å². The fourth-order valence-corrected chi connectivity index (χ4v) is 4.91. The van der Waals surface area contributed by atoms with E-state index in [0.717, 1.165) is 35.5 Å². The molecule has 0 radical (unpaired) electrons. The number of benzene rings is 2. The number of aromatic nitrogens is 3. The van der Waals surface area contributed by atoms with Crippen LogP contribution in [0.1, 0.15) is 23.7 Å². The molecule has 1 amide bonds. The van der Waals surface area contributed by atoms with Gasteiger partial charge in [-0.05, 0) is 43.7 Å². The van der Waals surface area contributed by atoms with Crippen LogP contribution in [0.25, 0.3) is 33.5 Å². The summed E-state index contributed by atoms with van der Waals surface area (Å²) in [5.74, 6) is 0.862. The van der Waals surface area contributed by atoms with Crippen molar-refractivity contribution < 1.29 is 9.53 Å². The molecule has 7 nitrogen and oxygen atoms in total. The molecule has 4 aromatic rings. The van der Waals surface area contributed by atoms with Crippen molar-refractivity contribution in [2.45, 2.75) is 32.0 Å². The van der Waals surface area contributed by atoms with E-state index >= 15 is 0 Å². The highest BCUT2D eigenvalue weighted by atomic mass is 16.5. The third-order valence-electron chi connectivity index (χ3n) is 6.55. The molecular formula is C25H29N5O2. The minimum absolute atomic E-state index is 0.0242. The number of nitrogens with two attached hydrogens (primary N) is 1. The molecule has 2 aromatic carbocycles. The number of carbonyl (C=O) groups is 1. The summed E-state index contributed by atoms with van der Waals surface area (Å²) in [5, 5.41) is 1.20. The van der Waals surface area contributed by atoms with Gasteiger partial charge in [0.05, 0.1) is 22.8 Å². The van der Waals surface area contributed by atoms with E-state index in [-0.39, 0.29) is 18.1 Å². The molecule has 1 aliphatic rings. The molecule has 2 aromatic heterocycles. The van der Waals surface area contributed by atoms with Gasteiger partial charge in [-0.1, -0.05) is 18.2 Å². The zero-order valence-corrected chi connectivity index (χ0v) is 18.8. The molecule has 0 saturated carbocycles. The highest BCUT2D eigenvalue weighted by Crippen LogP contribution is 2.30. The van der Waals surface area contributed by atoms with Crippen LogP contribution in [0.2, 0.25) is 0 Å². The van der Waals surface area contributed by atoms with Crippen molar-refractivity contribution >= 4 is 27.8 Å². The third-order valence-corrected chi connectivity index (χ3v) is 6.55. The molecule has 32 heavy (non-hydrogen) atoms. The molecule has 0 aliphatic carbocycles. The predicted octanol–water partition coefficient (Wildman–Crippen LogP) is 3.40. The highest BCUT2D eigenvalue weighted by molar-refractivity contribution is 5.98. The van der Waals surface area contributed by atoms with Crippen LogP contribution in [0.15, 0.2) is 48.5 Å². The second-order valence-electron chi connectivity index (χ2n) is 8.59. The van der Waals surface area contributed by atoms with Crippen LogP contribution < -0.4 is 5.73 Å². The van der Waals surface area contributed by atoms with E-state index in [1.54, 1.807) is 12.0 Å². The van der Waals surface area contributed by atoms with Gasteiger partial charge in [-0.2, -0.15) is 0 Å². The van der Waals surface area contributed by atoms with E-state index in [9.17, 15) is 4.79 Å². The number of aryl methyl sites for hydroxylation is 2. The number of imidazole rings is 1. The van der Waals surface area contributed by atoms with E-state index in [1.807, 2.05) is 25.2 Å². The molecule has 7 heteroatoms. The molecule has 1 aliphatic heterocycles. The fraction of sp³-hybridized carbons (Fsp3) is 0.360. The van der Waals surface area contributed by atoms with Gasteiger partial charge in [0.2, 0.25) is 0 Å². The molecule has 5 rings (SSSR count). The highest BCUT2D eigenvalue weighted by Gasteiger charge is 2.29. The Labute approximate surface area is 187 Å². The van der Waals surface area contributed by atoms with Gasteiger partial charge in [0.1, 0.15) is 0 Å². The van der Waals surface area contributed by atoms with Crippen molar-refractivity contribution in [1.29, 1.82) is 0 Å². The molecule has 166 valence electrons. The van der Waals surface area contributed by atoms with Gasteiger partial charge < -0.3 is 24.5 Å². The number of para-hydroxylation sites is 1. The maximum absolute atomic E-state index is 13.2. The number of nitrogens with zero attached hydrogens (tertiary/aromatic N) is 4. The van der Waals surface area contributed by atoms with Gasteiger partial charge in [0.25, 0.3) is 5.91 Å². The van der Waals surface area contributed by atoms with Gasteiger partial charge in [-0.3, -0.25) is 4.79 Å². The first-order chi connectivity index (χ1) is 15.5. The zero-order chi connectivity index (χ0) is 22.4. The van der Waals surface area contributed by atoms with Crippen molar-refractivity contribution in [3.63, 3.8) is 0 Å². The van der Waals surface area contributed by atoms with Gasteiger partial charge in [0, 0.05) is 56.3 Å². The summed E-state index contributed by atoms with van der Waals surface area (Å²) in [6.45, 7) is 4.10. The van der Waals surface area contributed by atoms with E-state index in [4.69, 9.17) is 15.5 Å². The first-order valence-electron chi connectivity index (χ1n) is 11.1. The lowest BCUT2D eigenvalue weighted by Gasteiger charge is -2.35. The Morgan fingerprint density at radius 3 is 2.75 bits per heavy atom. The van der Waals surface area contributed by atoms with Crippen molar-refractivity contribution in [3.8, 4) is 11.5 Å². The Morgan fingerprint density at radius 1 is 1.16 bits per heavy atom. The molecule has 2 atom stereocenters. The standard InChI is InChI=1S/C25H29N5O2/c1-4-30-21-8-6-5-7-16(21)12-23(30)24-27-20-11-17(9-10-22(20)28(24)2)25(31)29-14-18(26)13-19(15-29)32-3/h5-12,18-19H,4,13-15,26H2,1-3H3/t18?,19-/m1/s1. The zero-order valence-electron chi connectivity index (χ0n) is 18.8. The maximum atomic E-state index is 13.2. The lowest BCUT2D eigenvalue weighted by Crippen LogP contribution is -2.51. The minimum atomic E-state index is -0.0706. The molecule has 2 N–H and O–H groups in total. The summed E-state index contributed by atoms with van der Waals surface area (Å²) in [6.07, 6.45) is 0.748. The van der Waals surface area contributed by atoms with Crippen LogP contribution in [0.4, 0.5) is 0 Å². The lowest BCUT2D eigenvalue weighted by molar-refractivity contribution is 0.0211. The number of rotatable bonds is 4. The Morgan fingerprint density at radius 2 is 1.97 bits per heavy atom. The number of hydrogen-bond acceptors (Lipinski definition) is 4. The summed E-state index contributed by atoms with van der Waals surface area (Å²) in [5.41, 5.74) is 10.9. The van der Waals surface area contributed by atoms with Crippen molar-refractivity contribution in [1.82, 2.24) is 19.0 Å². The summed E-state index contributed by atoms with van der Waals surface area (Å²) in [7, 11) is 3.69. The second kappa shape index (κ2) is 8.07. The van der Waals surface area contributed by atoms with E-state index in [1.165, 1.54) is 10.9 Å². The molecule has 0 spiro atoms. The normalized spacial score (nSPS) is 19.2. The molecular weight excluding hydrogens is 402 g/mol. The van der Waals surface area contributed by atoms with Crippen LogP contribution in [-0.4, -0.2) is 57.3 Å². The van der Waals surface area contributed by atoms with Gasteiger partial charge in [0.15, 0.2) is 5.82 Å². The number of fused-ring (bicyclic) bond motifs is 2. The number of ether oxygens (including phenoxy) is 1. The van der Waals surface area contributed by atoms with Crippen molar-refractivity contribution in [2.24, 2.45) is 12.8 Å². The van der Waals surface area contributed by atoms with Crippen LogP contribution in [0, 0.1) is 0 Å². The topological polar surface area (TPSA) is 78.3 Å². The van der Waals surface area contributed by atoms with Gasteiger partial charge in [-0.15, -0.1) is 0 Å². The molecule has 1 saturated heterocycles. The smallest absolute Gasteiger partial charge is 0.254 e. The SMILES string of the molecule is CCn1c(-c2nc3cc(C(=O)N4CC(N)C[C@@H](OC)C4)ccc3n2C)cc2ccccc21. The fourth-order valence-electron chi connectivity index (χ4n) is 4.91. The Kier molecular flexibility index (Phi) is 5.23. The molecule has 3 heterocycles. The first-order valence-corrected chi connectivity index (χ1v) is 11.1. The van der Waals surface area contributed by atoms with Gasteiger partial charge in [-0.25, -0.2) is 4.98 Å². The number of hydrogen-bond donors (Lipinski definition) is 1. The Balaban J connectivity index is 1.54. The Bertz CT molecular complexity index is 1300. The average molecular weight is 432 g/mol. The minimum Gasteiger partial charge on any atom is -0.380 e. The van der Waals surface area contributed by atoms with Crippen LogP contribution in [-0.2, 0) is 18.3 Å². The summed E-state index contributed by atoms with van der Waals surface area (Å²) >= 11 is 0. The van der Waals surface area contributed by atoms with E-state index in [2.05, 4.69) is 46.4 Å². The maximum Gasteiger partial charge on any atom is 0.254 e. The third kappa shape index (κ3) is 3.38. The predicted molar refractivity (Wildman–Crippen MR) is 127 cm³/mol. The number of amides is 1. The lowest BCUT2D eigenvalue weighted by atomic mass is 10.0.